The Kier molecular flexibility index (Phi) is 5.87. The molecular weight excluding hydrogens is 300 g/mol. The van der Waals surface area contributed by atoms with E-state index in [9.17, 15) is 4.79 Å². The van der Waals surface area contributed by atoms with Gasteiger partial charge >= 0.3 is 0 Å². The molecule has 24 heavy (non-hydrogen) atoms. The lowest BCUT2D eigenvalue weighted by atomic mass is 10.0. The number of carbonyl (C=O) groups is 1. The largest absolute Gasteiger partial charge is 0.332 e. The van der Waals surface area contributed by atoms with Gasteiger partial charge in [-0.05, 0) is 19.4 Å². The maximum absolute atomic E-state index is 12.9. The topological polar surface area (TPSA) is 38.8 Å². The van der Waals surface area contributed by atoms with Gasteiger partial charge in [0.05, 0.1) is 12.6 Å². The Hall–Kier alpha value is -1.43. The van der Waals surface area contributed by atoms with Crippen molar-refractivity contribution in [2.24, 2.45) is 0 Å². The Morgan fingerprint density at radius 1 is 1.12 bits per heavy atom. The molecule has 1 atom stereocenters. The Labute approximate surface area is 145 Å². The molecule has 1 aromatic rings. The molecule has 1 aromatic carbocycles. The fraction of sp³-hybridized carbons (Fsp3) is 0.632. The molecule has 0 saturated carbocycles. The summed E-state index contributed by atoms with van der Waals surface area (Å²) >= 11 is 0. The van der Waals surface area contributed by atoms with Gasteiger partial charge in [-0.1, -0.05) is 30.3 Å². The van der Waals surface area contributed by atoms with Crippen molar-refractivity contribution in [3.8, 4) is 0 Å². The molecule has 0 unspecified atom stereocenters. The summed E-state index contributed by atoms with van der Waals surface area (Å²) in [4.78, 5) is 19.8. The van der Waals surface area contributed by atoms with Gasteiger partial charge in [0, 0.05) is 51.9 Å². The Morgan fingerprint density at radius 3 is 2.50 bits per heavy atom. The first kappa shape index (κ1) is 17.4. The highest BCUT2D eigenvalue weighted by atomic mass is 16.2. The van der Waals surface area contributed by atoms with Crippen LogP contribution in [0.2, 0.25) is 0 Å². The van der Waals surface area contributed by atoms with Crippen LogP contribution in [0.4, 0.5) is 0 Å². The number of benzene rings is 1. The Bertz CT molecular complexity index is 525. The van der Waals surface area contributed by atoms with Gasteiger partial charge in [-0.15, -0.1) is 0 Å². The fourth-order valence-corrected chi connectivity index (χ4v) is 3.70. The zero-order chi connectivity index (χ0) is 16.9. The summed E-state index contributed by atoms with van der Waals surface area (Å²) < 4.78 is 0. The molecule has 2 heterocycles. The zero-order valence-corrected chi connectivity index (χ0v) is 14.9. The minimum absolute atomic E-state index is 0.157. The van der Waals surface area contributed by atoms with Gasteiger partial charge < -0.3 is 10.2 Å². The van der Waals surface area contributed by atoms with E-state index in [4.69, 9.17) is 0 Å². The predicted molar refractivity (Wildman–Crippen MR) is 96.9 cm³/mol. The molecule has 132 valence electrons. The van der Waals surface area contributed by atoms with Crippen LogP contribution in [0.5, 0.6) is 0 Å². The molecule has 0 radical (unpaired) electrons. The monoisotopic (exact) mass is 330 g/mol. The number of nitrogens with one attached hydrogen (secondary N) is 1. The molecule has 0 aromatic heterocycles. The van der Waals surface area contributed by atoms with Crippen molar-refractivity contribution in [3.05, 3.63) is 35.9 Å². The summed E-state index contributed by atoms with van der Waals surface area (Å²) in [5, 5.41) is 3.43. The van der Waals surface area contributed by atoms with E-state index in [0.29, 0.717) is 12.6 Å². The second kappa shape index (κ2) is 8.10. The fourth-order valence-electron chi connectivity index (χ4n) is 3.70. The van der Waals surface area contributed by atoms with Crippen LogP contribution < -0.4 is 5.32 Å². The van der Waals surface area contributed by atoms with Gasteiger partial charge in [0.1, 0.15) is 0 Å². The number of rotatable bonds is 4. The molecule has 1 N–H and O–H groups in total. The van der Waals surface area contributed by atoms with Crippen LogP contribution in [0.1, 0.15) is 25.5 Å². The van der Waals surface area contributed by atoms with E-state index in [0.717, 1.165) is 45.8 Å². The first-order valence-corrected chi connectivity index (χ1v) is 9.16. The quantitative estimate of drug-likeness (QED) is 0.900. The van der Waals surface area contributed by atoms with Crippen molar-refractivity contribution in [1.29, 1.82) is 0 Å². The highest BCUT2D eigenvalue weighted by Gasteiger charge is 2.29. The van der Waals surface area contributed by atoms with Crippen LogP contribution in [0.15, 0.2) is 30.3 Å². The van der Waals surface area contributed by atoms with E-state index >= 15 is 0 Å². The Balaban J connectivity index is 1.59. The van der Waals surface area contributed by atoms with Gasteiger partial charge in [-0.3, -0.25) is 14.6 Å². The van der Waals surface area contributed by atoms with Crippen LogP contribution in [0.25, 0.3) is 0 Å². The predicted octanol–water partition coefficient (Wildman–Crippen LogP) is 1.19. The molecule has 0 aliphatic carbocycles. The third kappa shape index (κ3) is 4.15. The molecule has 5 heteroatoms. The van der Waals surface area contributed by atoms with E-state index in [-0.39, 0.29) is 11.9 Å². The zero-order valence-electron chi connectivity index (χ0n) is 14.9. The maximum atomic E-state index is 12.9. The molecular formula is C19H30N4O. The van der Waals surface area contributed by atoms with Gasteiger partial charge in [0.15, 0.2) is 0 Å². The summed E-state index contributed by atoms with van der Waals surface area (Å²) in [7, 11) is 0. The molecule has 2 saturated heterocycles. The second-order valence-electron chi connectivity index (χ2n) is 7.12. The molecule has 2 fully saturated rings. The van der Waals surface area contributed by atoms with Crippen LogP contribution >= 0.6 is 0 Å². The van der Waals surface area contributed by atoms with Crippen molar-refractivity contribution < 1.29 is 4.79 Å². The molecule has 1 amide bonds. The SMILES string of the molecule is CC(C)N1CCN(CC(=O)N2CCNC[C@@H]2c2ccccc2)CC1. The van der Waals surface area contributed by atoms with Gasteiger partial charge in [-0.2, -0.15) is 0 Å². The van der Waals surface area contributed by atoms with E-state index in [2.05, 4.69) is 58.1 Å². The first-order valence-electron chi connectivity index (χ1n) is 9.16. The summed E-state index contributed by atoms with van der Waals surface area (Å²) in [6, 6.07) is 11.1. The lowest BCUT2D eigenvalue weighted by Crippen LogP contribution is -2.54. The van der Waals surface area contributed by atoms with E-state index < -0.39 is 0 Å². The van der Waals surface area contributed by atoms with Crippen LogP contribution in [-0.4, -0.2) is 79.0 Å². The van der Waals surface area contributed by atoms with E-state index in [1.54, 1.807) is 0 Å². The first-order chi connectivity index (χ1) is 11.6. The average molecular weight is 330 g/mol. The summed E-state index contributed by atoms with van der Waals surface area (Å²) in [6.45, 7) is 11.7. The minimum Gasteiger partial charge on any atom is -0.332 e. The number of carbonyl (C=O) groups excluding carboxylic acids is 1. The molecule has 0 spiro atoms. The number of hydrogen-bond acceptors (Lipinski definition) is 4. The highest BCUT2D eigenvalue weighted by Crippen LogP contribution is 2.22. The number of nitrogens with zero attached hydrogens (tertiary/aromatic N) is 3. The normalized spacial score (nSPS) is 23.6. The molecule has 2 aliphatic heterocycles. The molecule has 5 nitrogen and oxygen atoms in total. The lowest BCUT2D eigenvalue weighted by molar-refractivity contribution is -0.136. The third-order valence-corrected chi connectivity index (χ3v) is 5.24. The van der Waals surface area contributed by atoms with Crippen molar-refractivity contribution in [3.63, 3.8) is 0 Å². The molecule has 3 rings (SSSR count). The van der Waals surface area contributed by atoms with Crippen molar-refractivity contribution in [2.45, 2.75) is 25.9 Å². The van der Waals surface area contributed by atoms with Crippen LogP contribution in [0, 0.1) is 0 Å². The standard InChI is InChI=1S/C19H30N4O/c1-16(2)22-12-10-21(11-13-22)15-19(24)23-9-8-20-14-18(23)17-6-4-3-5-7-17/h3-7,16,18,20H,8-15H2,1-2H3/t18-/m1/s1. The van der Waals surface area contributed by atoms with E-state index in [1.165, 1.54) is 5.56 Å². The summed E-state index contributed by atoms with van der Waals surface area (Å²) in [5.74, 6) is 0.267. The van der Waals surface area contributed by atoms with Gasteiger partial charge in [-0.25, -0.2) is 0 Å². The summed E-state index contributed by atoms with van der Waals surface area (Å²) in [6.07, 6.45) is 0. The minimum atomic E-state index is 0.157. The smallest absolute Gasteiger partial charge is 0.237 e. The summed E-state index contributed by atoms with van der Waals surface area (Å²) in [5.41, 5.74) is 1.22. The number of hydrogen-bond donors (Lipinski definition) is 1. The Morgan fingerprint density at radius 2 is 1.83 bits per heavy atom. The lowest BCUT2D eigenvalue weighted by Gasteiger charge is -2.40. The average Bonchev–Trinajstić information content (AvgIpc) is 2.63. The van der Waals surface area contributed by atoms with Gasteiger partial charge in [0.25, 0.3) is 0 Å². The maximum Gasteiger partial charge on any atom is 0.237 e. The van der Waals surface area contributed by atoms with Crippen LogP contribution in [-0.2, 0) is 4.79 Å². The number of piperazine rings is 2. The number of amides is 1. The van der Waals surface area contributed by atoms with Gasteiger partial charge in [0.2, 0.25) is 5.91 Å². The van der Waals surface area contributed by atoms with Crippen molar-refractivity contribution in [1.82, 2.24) is 20.0 Å². The second-order valence-corrected chi connectivity index (χ2v) is 7.12. The molecule has 0 bridgehead atoms. The van der Waals surface area contributed by atoms with Crippen LogP contribution in [0.3, 0.4) is 0 Å². The third-order valence-electron chi connectivity index (χ3n) is 5.24. The highest BCUT2D eigenvalue weighted by molar-refractivity contribution is 5.79. The molecule has 2 aliphatic rings. The van der Waals surface area contributed by atoms with Crippen molar-refractivity contribution >= 4 is 5.91 Å². The van der Waals surface area contributed by atoms with E-state index in [1.807, 2.05) is 6.07 Å². The van der Waals surface area contributed by atoms with Crippen molar-refractivity contribution in [2.75, 3.05) is 52.4 Å².